The molecule has 28 heavy (non-hydrogen) atoms. The van der Waals surface area contributed by atoms with Gasteiger partial charge in [-0.15, -0.1) is 0 Å². The maximum absolute atomic E-state index is 13.2. The second kappa shape index (κ2) is 9.34. The average molecular weight is 396 g/mol. The van der Waals surface area contributed by atoms with Crippen molar-refractivity contribution < 1.29 is 27.4 Å². The van der Waals surface area contributed by atoms with Crippen molar-refractivity contribution in [1.82, 2.24) is 10.6 Å². The Balaban J connectivity index is 2.04. The number of carbonyl (C=O) groups excluding carboxylic acids is 1. The highest BCUT2D eigenvalue weighted by atomic mass is 19.4. The molecular weight excluding hydrogens is 373 g/mol. The third-order valence-corrected chi connectivity index (χ3v) is 4.29. The lowest BCUT2D eigenvalue weighted by Crippen LogP contribution is -2.37. The number of amides is 2. The van der Waals surface area contributed by atoms with Gasteiger partial charge in [-0.25, -0.2) is 4.79 Å². The van der Waals surface area contributed by atoms with Crippen LogP contribution in [0.25, 0.3) is 0 Å². The number of benzene rings is 2. The smallest absolute Gasteiger partial charge is 0.416 e. The van der Waals surface area contributed by atoms with Crippen molar-refractivity contribution in [2.24, 2.45) is 0 Å². The van der Waals surface area contributed by atoms with Crippen molar-refractivity contribution >= 4 is 6.03 Å². The van der Waals surface area contributed by atoms with Gasteiger partial charge < -0.3 is 20.1 Å². The van der Waals surface area contributed by atoms with Crippen LogP contribution in [0, 0.1) is 0 Å². The molecule has 1 atom stereocenters. The highest BCUT2D eigenvalue weighted by molar-refractivity contribution is 5.74. The summed E-state index contributed by atoms with van der Waals surface area (Å²) in [4.78, 5) is 12.2. The van der Waals surface area contributed by atoms with Gasteiger partial charge in [-0.1, -0.05) is 25.1 Å². The Morgan fingerprint density at radius 1 is 1.04 bits per heavy atom. The minimum atomic E-state index is -4.54. The summed E-state index contributed by atoms with van der Waals surface area (Å²) in [7, 11) is 2.86. The summed E-state index contributed by atoms with van der Waals surface area (Å²) in [5.74, 6) is 0.799. The van der Waals surface area contributed by atoms with E-state index in [2.05, 4.69) is 10.6 Å². The predicted molar refractivity (Wildman–Crippen MR) is 99.4 cm³/mol. The number of nitrogens with one attached hydrogen (secondary N) is 2. The van der Waals surface area contributed by atoms with Crippen LogP contribution in [0.5, 0.6) is 11.5 Å². The lowest BCUT2D eigenvalue weighted by Gasteiger charge is -2.19. The summed E-state index contributed by atoms with van der Waals surface area (Å²) in [6.07, 6.45) is -3.92. The van der Waals surface area contributed by atoms with E-state index in [0.717, 1.165) is 11.6 Å². The standard InChI is InChI=1S/C20H23F3N2O3/c1-4-18(13-5-8-15(27-2)9-6-13)25-19(26)24-12-14-7-10-16(28-3)11-17(14)20(21,22)23/h5-11,18H,4,12H2,1-3H3,(H2,24,25,26). The number of methoxy groups -OCH3 is 2. The summed E-state index contributed by atoms with van der Waals surface area (Å²) in [5, 5.41) is 5.27. The lowest BCUT2D eigenvalue weighted by atomic mass is 10.0. The van der Waals surface area contributed by atoms with E-state index in [1.165, 1.54) is 19.2 Å². The first-order valence-corrected chi connectivity index (χ1v) is 8.71. The molecule has 0 heterocycles. The van der Waals surface area contributed by atoms with Gasteiger partial charge in [-0.2, -0.15) is 13.2 Å². The second-order valence-electron chi connectivity index (χ2n) is 6.08. The van der Waals surface area contributed by atoms with E-state index in [4.69, 9.17) is 9.47 Å². The van der Waals surface area contributed by atoms with Crippen LogP contribution in [0.15, 0.2) is 42.5 Å². The van der Waals surface area contributed by atoms with E-state index in [-0.39, 0.29) is 23.9 Å². The Kier molecular flexibility index (Phi) is 7.14. The molecule has 2 N–H and O–H groups in total. The highest BCUT2D eigenvalue weighted by Crippen LogP contribution is 2.34. The van der Waals surface area contributed by atoms with Gasteiger partial charge in [0.05, 0.1) is 25.8 Å². The minimum Gasteiger partial charge on any atom is -0.497 e. The molecule has 2 aromatic carbocycles. The number of alkyl halides is 3. The largest absolute Gasteiger partial charge is 0.497 e. The van der Waals surface area contributed by atoms with E-state index in [9.17, 15) is 18.0 Å². The monoisotopic (exact) mass is 396 g/mol. The zero-order chi connectivity index (χ0) is 20.7. The Labute approximate surface area is 161 Å². The molecule has 0 aliphatic heterocycles. The van der Waals surface area contributed by atoms with E-state index in [0.29, 0.717) is 12.2 Å². The Morgan fingerprint density at radius 2 is 1.64 bits per heavy atom. The molecule has 2 rings (SSSR count). The Morgan fingerprint density at radius 3 is 2.18 bits per heavy atom. The quantitative estimate of drug-likeness (QED) is 0.715. The molecule has 2 amide bonds. The van der Waals surface area contributed by atoms with E-state index in [1.54, 1.807) is 19.2 Å². The van der Waals surface area contributed by atoms with E-state index < -0.39 is 17.8 Å². The zero-order valence-electron chi connectivity index (χ0n) is 15.9. The topological polar surface area (TPSA) is 59.6 Å². The molecule has 2 aromatic rings. The van der Waals surface area contributed by atoms with Gasteiger partial charge >= 0.3 is 12.2 Å². The number of urea groups is 1. The fourth-order valence-corrected chi connectivity index (χ4v) is 2.74. The third kappa shape index (κ3) is 5.55. The van der Waals surface area contributed by atoms with E-state index in [1.807, 2.05) is 19.1 Å². The Bertz CT molecular complexity index is 792. The zero-order valence-corrected chi connectivity index (χ0v) is 15.9. The fourth-order valence-electron chi connectivity index (χ4n) is 2.74. The van der Waals surface area contributed by atoms with Crippen molar-refractivity contribution in [3.8, 4) is 11.5 Å². The molecule has 0 saturated carbocycles. The van der Waals surface area contributed by atoms with E-state index >= 15 is 0 Å². The number of hydrogen-bond acceptors (Lipinski definition) is 3. The number of rotatable bonds is 7. The normalized spacial score (nSPS) is 12.2. The SMILES string of the molecule is CCC(NC(=O)NCc1ccc(OC)cc1C(F)(F)F)c1ccc(OC)cc1. The summed E-state index contributed by atoms with van der Waals surface area (Å²) in [6, 6.07) is 10.0. The van der Waals surface area contributed by atoms with Crippen LogP contribution in [-0.4, -0.2) is 20.3 Å². The maximum Gasteiger partial charge on any atom is 0.416 e. The van der Waals surface area contributed by atoms with Gasteiger partial charge in [-0.05, 0) is 41.8 Å². The molecule has 0 bridgehead atoms. The van der Waals surface area contributed by atoms with Crippen LogP contribution in [0.3, 0.4) is 0 Å². The lowest BCUT2D eigenvalue weighted by molar-refractivity contribution is -0.138. The van der Waals surface area contributed by atoms with Gasteiger partial charge in [0.1, 0.15) is 11.5 Å². The number of carbonyl (C=O) groups is 1. The highest BCUT2D eigenvalue weighted by Gasteiger charge is 2.33. The summed E-state index contributed by atoms with van der Waals surface area (Å²) in [5.41, 5.74) is -0.00540. The van der Waals surface area contributed by atoms with Crippen LogP contribution in [-0.2, 0) is 12.7 Å². The molecule has 0 radical (unpaired) electrons. The molecule has 0 aliphatic carbocycles. The summed E-state index contributed by atoms with van der Waals surface area (Å²) < 4.78 is 49.7. The van der Waals surface area contributed by atoms with Crippen molar-refractivity contribution in [3.05, 3.63) is 59.2 Å². The summed E-state index contributed by atoms with van der Waals surface area (Å²) >= 11 is 0. The van der Waals surface area contributed by atoms with Gasteiger partial charge in [0.15, 0.2) is 0 Å². The van der Waals surface area contributed by atoms with Crippen molar-refractivity contribution in [2.45, 2.75) is 32.1 Å². The molecule has 1 unspecified atom stereocenters. The molecule has 152 valence electrons. The van der Waals surface area contributed by atoms with Crippen LogP contribution < -0.4 is 20.1 Å². The molecular formula is C20H23F3N2O3. The maximum atomic E-state index is 13.2. The van der Waals surface area contributed by atoms with Gasteiger partial charge in [0.2, 0.25) is 0 Å². The molecule has 0 fully saturated rings. The average Bonchev–Trinajstić information content (AvgIpc) is 2.69. The van der Waals surface area contributed by atoms with Crippen LogP contribution in [0.4, 0.5) is 18.0 Å². The third-order valence-electron chi connectivity index (χ3n) is 4.29. The molecule has 5 nitrogen and oxygen atoms in total. The summed E-state index contributed by atoms with van der Waals surface area (Å²) in [6.45, 7) is 1.64. The number of ether oxygens (including phenoxy) is 2. The first kappa shape index (κ1) is 21.4. The number of halogens is 3. The second-order valence-corrected chi connectivity index (χ2v) is 6.08. The molecule has 0 aliphatic rings. The van der Waals surface area contributed by atoms with Crippen LogP contribution >= 0.6 is 0 Å². The number of hydrogen-bond donors (Lipinski definition) is 2. The first-order valence-electron chi connectivity index (χ1n) is 8.71. The fraction of sp³-hybridized carbons (Fsp3) is 0.350. The van der Waals surface area contributed by atoms with Gasteiger partial charge in [-0.3, -0.25) is 0 Å². The van der Waals surface area contributed by atoms with Crippen molar-refractivity contribution in [2.75, 3.05) is 14.2 Å². The van der Waals surface area contributed by atoms with Gasteiger partial charge in [0.25, 0.3) is 0 Å². The molecule has 0 saturated heterocycles. The van der Waals surface area contributed by atoms with Gasteiger partial charge in [0, 0.05) is 6.54 Å². The predicted octanol–water partition coefficient (Wildman–Crippen LogP) is 4.67. The Hall–Kier alpha value is -2.90. The first-order chi connectivity index (χ1) is 13.3. The molecule has 0 aromatic heterocycles. The molecule has 0 spiro atoms. The van der Waals surface area contributed by atoms with Crippen molar-refractivity contribution in [3.63, 3.8) is 0 Å². The minimum absolute atomic E-state index is 0.0408. The van der Waals surface area contributed by atoms with Crippen LogP contribution in [0.2, 0.25) is 0 Å². The van der Waals surface area contributed by atoms with Crippen LogP contribution in [0.1, 0.15) is 36.1 Å². The molecule has 8 heteroatoms. The van der Waals surface area contributed by atoms with Crippen molar-refractivity contribution in [1.29, 1.82) is 0 Å².